The summed E-state index contributed by atoms with van der Waals surface area (Å²) in [6, 6.07) is 4.99. The second kappa shape index (κ2) is 2.83. The van der Waals surface area contributed by atoms with Crippen LogP contribution in [-0.2, 0) is 6.42 Å². The number of aromatic nitrogens is 1. The van der Waals surface area contributed by atoms with Gasteiger partial charge >= 0.3 is 0 Å². The average molecular weight is 205 g/mol. The van der Waals surface area contributed by atoms with Crippen LogP contribution in [0, 0.1) is 5.82 Å². The van der Waals surface area contributed by atoms with Crippen LogP contribution in [0.4, 0.5) is 4.39 Å². The van der Waals surface area contributed by atoms with Crippen molar-refractivity contribution in [2.24, 2.45) is 0 Å². The van der Waals surface area contributed by atoms with E-state index in [9.17, 15) is 9.50 Å². The van der Waals surface area contributed by atoms with Gasteiger partial charge < -0.3 is 10.1 Å². The van der Waals surface area contributed by atoms with Gasteiger partial charge in [0.05, 0.1) is 5.60 Å². The van der Waals surface area contributed by atoms with Gasteiger partial charge in [0.1, 0.15) is 5.82 Å². The summed E-state index contributed by atoms with van der Waals surface area (Å²) in [7, 11) is 0. The Hall–Kier alpha value is -1.35. The van der Waals surface area contributed by atoms with Gasteiger partial charge in [0.2, 0.25) is 0 Å². The second-order valence-electron chi connectivity index (χ2n) is 4.38. The minimum Gasteiger partial charge on any atom is -0.390 e. The van der Waals surface area contributed by atoms with Gasteiger partial charge in [-0.3, -0.25) is 0 Å². The molecule has 0 radical (unpaired) electrons. The summed E-state index contributed by atoms with van der Waals surface area (Å²) in [6.45, 7) is 0. The fourth-order valence-corrected chi connectivity index (χ4v) is 2.02. The van der Waals surface area contributed by atoms with Crippen molar-refractivity contribution in [2.75, 3.05) is 0 Å². The SMILES string of the molecule is OC1(Cc2c[nH]c3cccc(F)c23)CC1. The third kappa shape index (κ3) is 1.43. The molecule has 3 rings (SSSR count). The lowest BCUT2D eigenvalue weighted by Crippen LogP contribution is -2.10. The molecule has 0 atom stereocenters. The first-order valence-corrected chi connectivity index (χ1v) is 5.15. The lowest BCUT2D eigenvalue weighted by Gasteiger charge is -2.05. The molecule has 1 aromatic heterocycles. The predicted octanol–water partition coefficient (Wildman–Crippen LogP) is 2.37. The van der Waals surface area contributed by atoms with E-state index in [1.54, 1.807) is 12.3 Å². The van der Waals surface area contributed by atoms with Crippen LogP contribution < -0.4 is 0 Å². The molecule has 1 heterocycles. The van der Waals surface area contributed by atoms with Gasteiger partial charge in [0, 0.05) is 23.5 Å². The number of hydrogen-bond donors (Lipinski definition) is 2. The first-order chi connectivity index (χ1) is 7.18. The zero-order valence-electron chi connectivity index (χ0n) is 8.26. The molecule has 0 aliphatic heterocycles. The van der Waals surface area contributed by atoms with Crippen molar-refractivity contribution in [2.45, 2.75) is 24.9 Å². The van der Waals surface area contributed by atoms with Crippen molar-refractivity contribution in [3.05, 3.63) is 35.8 Å². The predicted molar refractivity (Wildman–Crippen MR) is 56.1 cm³/mol. The van der Waals surface area contributed by atoms with Crippen molar-refractivity contribution in [3.8, 4) is 0 Å². The lowest BCUT2D eigenvalue weighted by molar-refractivity contribution is 0.151. The van der Waals surface area contributed by atoms with Crippen LogP contribution >= 0.6 is 0 Å². The van der Waals surface area contributed by atoms with Crippen LogP contribution in [0.3, 0.4) is 0 Å². The monoisotopic (exact) mass is 205 g/mol. The van der Waals surface area contributed by atoms with Gasteiger partial charge in [-0.25, -0.2) is 4.39 Å². The summed E-state index contributed by atoms with van der Waals surface area (Å²) >= 11 is 0. The zero-order chi connectivity index (χ0) is 10.5. The molecule has 15 heavy (non-hydrogen) atoms. The minimum atomic E-state index is -0.572. The fourth-order valence-electron chi connectivity index (χ4n) is 2.02. The van der Waals surface area contributed by atoms with Gasteiger partial charge in [-0.05, 0) is 30.5 Å². The van der Waals surface area contributed by atoms with Crippen LogP contribution in [0.5, 0.6) is 0 Å². The second-order valence-corrected chi connectivity index (χ2v) is 4.38. The molecule has 2 aromatic rings. The van der Waals surface area contributed by atoms with Crippen molar-refractivity contribution in [1.29, 1.82) is 0 Å². The summed E-state index contributed by atoms with van der Waals surface area (Å²) in [6.07, 6.45) is 4.00. The van der Waals surface area contributed by atoms with E-state index < -0.39 is 5.60 Å². The Morgan fingerprint density at radius 3 is 2.93 bits per heavy atom. The molecule has 1 aliphatic carbocycles. The van der Waals surface area contributed by atoms with Crippen molar-refractivity contribution in [1.82, 2.24) is 4.98 Å². The Morgan fingerprint density at radius 1 is 1.40 bits per heavy atom. The van der Waals surface area contributed by atoms with Crippen LogP contribution in [0.25, 0.3) is 10.9 Å². The maximum Gasteiger partial charge on any atom is 0.132 e. The molecule has 0 saturated heterocycles. The van der Waals surface area contributed by atoms with Crippen LogP contribution in [0.15, 0.2) is 24.4 Å². The van der Waals surface area contributed by atoms with Gasteiger partial charge in [0.25, 0.3) is 0 Å². The number of hydrogen-bond acceptors (Lipinski definition) is 1. The number of aromatic amines is 1. The smallest absolute Gasteiger partial charge is 0.132 e. The van der Waals surface area contributed by atoms with Crippen LogP contribution in [0.1, 0.15) is 18.4 Å². The quantitative estimate of drug-likeness (QED) is 0.775. The average Bonchev–Trinajstić information content (AvgIpc) is 2.76. The normalized spacial score (nSPS) is 18.3. The Kier molecular flexibility index (Phi) is 1.68. The molecule has 1 fully saturated rings. The van der Waals surface area contributed by atoms with E-state index in [0.717, 1.165) is 23.9 Å². The molecule has 78 valence electrons. The highest BCUT2D eigenvalue weighted by atomic mass is 19.1. The number of nitrogens with one attached hydrogen (secondary N) is 1. The third-order valence-electron chi connectivity index (χ3n) is 3.08. The largest absolute Gasteiger partial charge is 0.390 e. The first-order valence-electron chi connectivity index (χ1n) is 5.15. The number of rotatable bonds is 2. The fraction of sp³-hybridized carbons (Fsp3) is 0.333. The summed E-state index contributed by atoms with van der Waals surface area (Å²) in [4.78, 5) is 3.03. The zero-order valence-corrected chi connectivity index (χ0v) is 8.26. The van der Waals surface area contributed by atoms with Crippen LogP contribution in [-0.4, -0.2) is 15.7 Å². The van der Waals surface area contributed by atoms with Crippen molar-refractivity contribution in [3.63, 3.8) is 0 Å². The number of halogens is 1. The van der Waals surface area contributed by atoms with Gasteiger partial charge in [-0.2, -0.15) is 0 Å². The Labute approximate surface area is 86.7 Å². The molecule has 2 nitrogen and oxygen atoms in total. The van der Waals surface area contributed by atoms with Gasteiger partial charge in [-0.1, -0.05) is 6.07 Å². The molecule has 0 spiro atoms. The number of H-pyrrole nitrogens is 1. The van der Waals surface area contributed by atoms with Crippen molar-refractivity contribution < 1.29 is 9.50 Å². The third-order valence-corrected chi connectivity index (χ3v) is 3.08. The highest BCUT2D eigenvalue weighted by molar-refractivity contribution is 5.83. The van der Waals surface area contributed by atoms with E-state index in [1.807, 2.05) is 6.07 Å². The molecule has 2 N–H and O–H groups in total. The maximum absolute atomic E-state index is 13.6. The number of aliphatic hydroxyl groups is 1. The molecule has 1 saturated carbocycles. The molecule has 0 amide bonds. The summed E-state index contributed by atoms with van der Waals surface area (Å²) in [5.74, 6) is -0.215. The number of benzene rings is 1. The molecule has 0 unspecified atom stereocenters. The van der Waals surface area contributed by atoms with E-state index in [2.05, 4.69) is 4.98 Å². The van der Waals surface area contributed by atoms with E-state index in [-0.39, 0.29) is 5.82 Å². The Morgan fingerprint density at radius 2 is 2.20 bits per heavy atom. The maximum atomic E-state index is 13.6. The summed E-state index contributed by atoms with van der Waals surface area (Å²) < 4.78 is 13.6. The minimum absolute atomic E-state index is 0.215. The molecular formula is C12H12FNO. The van der Waals surface area contributed by atoms with Crippen LogP contribution in [0.2, 0.25) is 0 Å². The van der Waals surface area contributed by atoms with Crippen molar-refractivity contribution >= 4 is 10.9 Å². The highest BCUT2D eigenvalue weighted by Gasteiger charge is 2.40. The van der Waals surface area contributed by atoms with E-state index in [0.29, 0.717) is 11.8 Å². The summed E-state index contributed by atoms with van der Waals surface area (Å²) in [5, 5.41) is 10.4. The van der Waals surface area contributed by atoms with Gasteiger partial charge in [-0.15, -0.1) is 0 Å². The Bertz CT molecular complexity index is 513. The lowest BCUT2D eigenvalue weighted by atomic mass is 10.1. The standard InChI is InChI=1S/C12H12FNO/c13-9-2-1-3-10-11(9)8(7-14-10)6-12(15)4-5-12/h1-3,7,14-15H,4-6H2. The molecule has 1 aliphatic rings. The summed E-state index contributed by atoms with van der Waals surface area (Å²) in [5.41, 5.74) is 1.11. The van der Waals surface area contributed by atoms with E-state index in [4.69, 9.17) is 0 Å². The topological polar surface area (TPSA) is 36.0 Å². The molecular weight excluding hydrogens is 193 g/mol. The van der Waals surface area contributed by atoms with Gasteiger partial charge in [0.15, 0.2) is 0 Å². The molecule has 0 bridgehead atoms. The highest BCUT2D eigenvalue weighted by Crippen LogP contribution is 2.39. The first kappa shape index (κ1) is 8.92. The van der Waals surface area contributed by atoms with E-state index >= 15 is 0 Å². The Balaban J connectivity index is 2.10. The molecule has 3 heteroatoms. The van der Waals surface area contributed by atoms with E-state index in [1.165, 1.54) is 6.07 Å². The molecule has 1 aromatic carbocycles. The number of fused-ring (bicyclic) bond motifs is 1.